The normalized spacial score (nSPS) is 24.1. The van der Waals surface area contributed by atoms with E-state index in [0.717, 1.165) is 38.1 Å². The Labute approximate surface area is 108 Å². The summed E-state index contributed by atoms with van der Waals surface area (Å²) < 4.78 is 18.2. The highest BCUT2D eigenvalue weighted by atomic mass is 19.1. The SMILES string of the molecule is COCCN[C@@H]1CCN[C@H](c2cccc(F)c2)C1. The molecule has 2 N–H and O–H groups in total. The van der Waals surface area contributed by atoms with Crippen LogP contribution in [0.5, 0.6) is 0 Å². The lowest BCUT2D eigenvalue weighted by molar-refractivity contribution is 0.190. The number of halogens is 1. The van der Waals surface area contributed by atoms with Gasteiger partial charge in [0.1, 0.15) is 5.82 Å². The van der Waals surface area contributed by atoms with E-state index in [0.29, 0.717) is 6.04 Å². The van der Waals surface area contributed by atoms with E-state index in [-0.39, 0.29) is 11.9 Å². The number of rotatable bonds is 5. The fourth-order valence-corrected chi connectivity index (χ4v) is 2.45. The third-order valence-electron chi connectivity index (χ3n) is 3.39. The molecule has 0 radical (unpaired) electrons. The van der Waals surface area contributed by atoms with Crippen LogP contribution in [0.3, 0.4) is 0 Å². The minimum Gasteiger partial charge on any atom is -0.383 e. The Morgan fingerprint density at radius 1 is 1.50 bits per heavy atom. The lowest BCUT2D eigenvalue weighted by Gasteiger charge is -2.31. The Bertz CT molecular complexity index is 373. The minimum atomic E-state index is -0.163. The smallest absolute Gasteiger partial charge is 0.123 e. The van der Waals surface area contributed by atoms with Gasteiger partial charge in [-0.3, -0.25) is 0 Å². The Kier molecular flexibility index (Phi) is 5.11. The highest BCUT2D eigenvalue weighted by Crippen LogP contribution is 2.23. The molecule has 1 aromatic rings. The van der Waals surface area contributed by atoms with Crippen LogP contribution in [0, 0.1) is 5.82 Å². The van der Waals surface area contributed by atoms with Crippen molar-refractivity contribution in [3.63, 3.8) is 0 Å². The summed E-state index contributed by atoms with van der Waals surface area (Å²) in [4.78, 5) is 0. The maximum Gasteiger partial charge on any atom is 0.123 e. The molecular formula is C14H21FN2O. The van der Waals surface area contributed by atoms with Crippen LogP contribution in [-0.4, -0.2) is 32.8 Å². The second kappa shape index (κ2) is 6.83. The first-order valence-corrected chi connectivity index (χ1v) is 6.51. The molecule has 0 spiro atoms. The van der Waals surface area contributed by atoms with Crippen molar-refractivity contribution >= 4 is 0 Å². The summed E-state index contributed by atoms with van der Waals surface area (Å²) in [5, 5.41) is 6.92. The van der Waals surface area contributed by atoms with Gasteiger partial charge in [0.2, 0.25) is 0 Å². The number of ether oxygens (including phenoxy) is 1. The highest BCUT2D eigenvalue weighted by molar-refractivity contribution is 5.21. The van der Waals surface area contributed by atoms with Crippen molar-refractivity contribution < 1.29 is 9.13 Å². The molecule has 0 saturated carbocycles. The molecule has 1 fully saturated rings. The second-order valence-corrected chi connectivity index (χ2v) is 4.73. The van der Waals surface area contributed by atoms with Gasteiger partial charge in [0.25, 0.3) is 0 Å². The second-order valence-electron chi connectivity index (χ2n) is 4.73. The van der Waals surface area contributed by atoms with Gasteiger partial charge in [0, 0.05) is 25.7 Å². The van der Waals surface area contributed by atoms with Gasteiger partial charge in [0.05, 0.1) is 6.61 Å². The molecule has 2 atom stereocenters. The number of hydrogen-bond acceptors (Lipinski definition) is 3. The average Bonchev–Trinajstić information content (AvgIpc) is 2.39. The topological polar surface area (TPSA) is 33.3 Å². The average molecular weight is 252 g/mol. The van der Waals surface area contributed by atoms with Crippen molar-refractivity contribution in [3.8, 4) is 0 Å². The van der Waals surface area contributed by atoms with E-state index in [9.17, 15) is 4.39 Å². The van der Waals surface area contributed by atoms with Gasteiger partial charge in [-0.1, -0.05) is 12.1 Å². The first kappa shape index (κ1) is 13.5. The molecule has 1 saturated heterocycles. The maximum atomic E-state index is 13.2. The zero-order chi connectivity index (χ0) is 12.8. The standard InChI is InChI=1S/C14H21FN2O/c1-18-8-7-16-13-5-6-17-14(10-13)11-3-2-4-12(15)9-11/h2-4,9,13-14,16-17H,5-8,10H2,1H3/t13-,14+/m1/s1. The van der Waals surface area contributed by atoms with E-state index >= 15 is 0 Å². The van der Waals surface area contributed by atoms with E-state index in [1.165, 1.54) is 6.07 Å². The molecule has 4 heteroatoms. The summed E-state index contributed by atoms with van der Waals surface area (Å²) in [7, 11) is 1.71. The number of methoxy groups -OCH3 is 1. The lowest BCUT2D eigenvalue weighted by atomic mass is 9.94. The predicted octanol–water partition coefficient (Wildman–Crippen LogP) is 1.85. The van der Waals surface area contributed by atoms with Crippen molar-refractivity contribution in [1.29, 1.82) is 0 Å². The highest BCUT2D eigenvalue weighted by Gasteiger charge is 2.22. The third kappa shape index (κ3) is 3.77. The quantitative estimate of drug-likeness (QED) is 0.785. The summed E-state index contributed by atoms with van der Waals surface area (Å²) in [5.41, 5.74) is 1.04. The molecule has 18 heavy (non-hydrogen) atoms. The zero-order valence-electron chi connectivity index (χ0n) is 10.8. The molecule has 1 aliphatic rings. The predicted molar refractivity (Wildman–Crippen MR) is 70.0 cm³/mol. The van der Waals surface area contributed by atoms with Crippen LogP contribution in [0.1, 0.15) is 24.4 Å². The van der Waals surface area contributed by atoms with E-state index in [1.807, 2.05) is 6.07 Å². The van der Waals surface area contributed by atoms with Crippen LogP contribution in [0.4, 0.5) is 4.39 Å². The van der Waals surface area contributed by atoms with Crippen LogP contribution >= 0.6 is 0 Å². The summed E-state index contributed by atoms with van der Waals surface area (Å²) >= 11 is 0. The van der Waals surface area contributed by atoms with E-state index < -0.39 is 0 Å². The van der Waals surface area contributed by atoms with Gasteiger partial charge in [-0.2, -0.15) is 0 Å². The third-order valence-corrected chi connectivity index (χ3v) is 3.39. The van der Waals surface area contributed by atoms with Crippen LogP contribution in [0.15, 0.2) is 24.3 Å². The van der Waals surface area contributed by atoms with Crippen LogP contribution < -0.4 is 10.6 Å². The van der Waals surface area contributed by atoms with E-state index in [4.69, 9.17) is 4.74 Å². The van der Waals surface area contributed by atoms with Gasteiger partial charge < -0.3 is 15.4 Å². The number of piperidine rings is 1. The zero-order valence-corrected chi connectivity index (χ0v) is 10.8. The van der Waals surface area contributed by atoms with Gasteiger partial charge >= 0.3 is 0 Å². The van der Waals surface area contributed by atoms with E-state index in [1.54, 1.807) is 19.2 Å². The molecule has 1 aliphatic heterocycles. The molecule has 100 valence electrons. The van der Waals surface area contributed by atoms with Crippen molar-refractivity contribution in [1.82, 2.24) is 10.6 Å². The van der Waals surface area contributed by atoms with Gasteiger partial charge in [-0.25, -0.2) is 4.39 Å². The molecule has 1 heterocycles. The van der Waals surface area contributed by atoms with Crippen molar-refractivity contribution in [2.75, 3.05) is 26.8 Å². The van der Waals surface area contributed by atoms with Crippen molar-refractivity contribution in [2.45, 2.75) is 24.9 Å². The van der Waals surface area contributed by atoms with E-state index in [2.05, 4.69) is 10.6 Å². The van der Waals surface area contributed by atoms with Gasteiger partial charge in [-0.05, 0) is 37.1 Å². The lowest BCUT2D eigenvalue weighted by Crippen LogP contribution is -2.42. The molecule has 0 bridgehead atoms. The fourth-order valence-electron chi connectivity index (χ4n) is 2.45. The monoisotopic (exact) mass is 252 g/mol. The molecule has 3 nitrogen and oxygen atoms in total. The largest absolute Gasteiger partial charge is 0.383 e. The summed E-state index contributed by atoms with van der Waals surface area (Å²) in [6, 6.07) is 7.59. The fraction of sp³-hybridized carbons (Fsp3) is 0.571. The Morgan fingerprint density at radius 3 is 3.17 bits per heavy atom. The van der Waals surface area contributed by atoms with Crippen molar-refractivity contribution in [2.24, 2.45) is 0 Å². The molecule has 0 aliphatic carbocycles. The minimum absolute atomic E-state index is 0.163. The molecular weight excluding hydrogens is 231 g/mol. The molecule has 0 unspecified atom stereocenters. The summed E-state index contributed by atoms with van der Waals surface area (Å²) in [6.07, 6.45) is 2.10. The maximum absolute atomic E-state index is 13.2. The van der Waals surface area contributed by atoms with Crippen LogP contribution in [0.25, 0.3) is 0 Å². The first-order valence-electron chi connectivity index (χ1n) is 6.51. The Balaban J connectivity index is 1.90. The van der Waals surface area contributed by atoms with Gasteiger partial charge in [0.15, 0.2) is 0 Å². The molecule has 0 aromatic heterocycles. The molecule has 1 aromatic carbocycles. The van der Waals surface area contributed by atoms with Gasteiger partial charge in [-0.15, -0.1) is 0 Å². The number of nitrogens with one attached hydrogen (secondary N) is 2. The molecule has 2 rings (SSSR count). The first-order chi connectivity index (χ1) is 8.79. The van der Waals surface area contributed by atoms with Crippen LogP contribution in [-0.2, 0) is 4.74 Å². The van der Waals surface area contributed by atoms with Crippen molar-refractivity contribution in [3.05, 3.63) is 35.6 Å². The number of hydrogen-bond donors (Lipinski definition) is 2. The Hall–Kier alpha value is -0.970. The van der Waals surface area contributed by atoms with Crippen LogP contribution in [0.2, 0.25) is 0 Å². The Morgan fingerprint density at radius 2 is 2.39 bits per heavy atom. The summed E-state index contributed by atoms with van der Waals surface area (Å²) in [5.74, 6) is -0.163. The molecule has 0 amide bonds. The number of benzene rings is 1. The summed E-state index contributed by atoms with van der Waals surface area (Å²) in [6.45, 7) is 2.57.